The molecule has 3 aromatic carbocycles. The van der Waals surface area contributed by atoms with E-state index in [9.17, 15) is 14.9 Å². The molecule has 1 aliphatic rings. The normalized spacial score (nSPS) is 14.2. The van der Waals surface area contributed by atoms with Crippen molar-refractivity contribution in [2.24, 2.45) is 5.10 Å². The van der Waals surface area contributed by atoms with Crippen molar-refractivity contribution in [1.29, 1.82) is 0 Å². The first-order valence-corrected chi connectivity index (χ1v) is 14.8. The second kappa shape index (κ2) is 12.1. The maximum Gasteiger partial charge on any atom is 0.312 e. The standard InChI is InChI=1S/C28H23Br3N4O4/c29-20-8-6-17(7-9-20)16-39-26-19(12-22(31)14-25(26)35(37)38)15-32-34-27(18-4-2-1-3-5-18)33-24-11-10-21(30)13-23(24)28(34)36/h6-15,18H,1-5,16H2. The highest BCUT2D eigenvalue weighted by molar-refractivity contribution is 9.11. The van der Waals surface area contributed by atoms with Gasteiger partial charge in [0.15, 0.2) is 0 Å². The van der Waals surface area contributed by atoms with Crippen LogP contribution in [0.4, 0.5) is 5.69 Å². The lowest BCUT2D eigenvalue weighted by molar-refractivity contribution is -0.386. The number of nitro benzene ring substituents is 1. The van der Waals surface area contributed by atoms with Crippen molar-refractivity contribution >= 4 is 70.6 Å². The van der Waals surface area contributed by atoms with Crippen LogP contribution in [0.3, 0.4) is 0 Å². The topological polar surface area (TPSA) is 99.6 Å². The van der Waals surface area contributed by atoms with Crippen molar-refractivity contribution in [1.82, 2.24) is 9.66 Å². The van der Waals surface area contributed by atoms with Crippen LogP contribution < -0.4 is 10.3 Å². The molecule has 8 nitrogen and oxygen atoms in total. The number of nitro groups is 1. The third kappa shape index (κ3) is 6.31. The van der Waals surface area contributed by atoms with Crippen LogP contribution in [0.15, 0.2) is 77.9 Å². The van der Waals surface area contributed by atoms with Crippen LogP contribution in [0.2, 0.25) is 0 Å². The Morgan fingerprint density at radius 2 is 1.72 bits per heavy atom. The van der Waals surface area contributed by atoms with Gasteiger partial charge in [-0.25, -0.2) is 4.98 Å². The van der Waals surface area contributed by atoms with Crippen molar-refractivity contribution in [2.45, 2.75) is 44.6 Å². The molecule has 1 saturated carbocycles. The number of hydrogen-bond acceptors (Lipinski definition) is 6. The Morgan fingerprint density at radius 1 is 1.00 bits per heavy atom. The van der Waals surface area contributed by atoms with E-state index in [-0.39, 0.29) is 29.5 Å². The summed E-state index contributed by atoms with van der Waals surface area (Å²) in [6.07, 6.45) is 6.57. The van der Waals surface area contributed by atoms with Crippen molar-refractivity contribution in [3.8, 4) is 5.75 Å². The molecule has 0 atom stereocenters. The highest BCUT2D eigenvalue weighted by Gasteiger charge is 2.24. The number of fused-ring (bicyclic) bond motifs is 1. The lowest BCUT2D eigenvalue weighted by Crippen LogP contribution is -2.25. The van der Waals surface area contributed by atoms with Gasteiger partial charge in [-0.05, 0) is 54.8 Å². The van der Waals surface area contributed by atoms with Crippen LogP contribution in [-0.4, -0.2) is 20.8 Å². The first kappa shape index (κ1) is 27.7. The van der Waals surface area contributed by atoms with Crippen LogP contribution in [0.5, 0.6) is 5.75 Å². The van der Waals surface area contributed by atoms with E-state index in [4.69, 9.17) is 9.72 Å². The summed E-state index contributed by atoms with van der Waals surface area (Å²) in [4.78, 5) is 30.0. The molecule has 0 aliphatic heterocycles. The molecule has 0 unspecified atom stereocenters. The average molecular weight is 719 g/mol. The molecule has 11 heteroatoms. The van der Waals surface area contributed by atoms with Gasteiger partial charge in [0.2, 0.25) is 5.75 Å². The second-order valence-electron chi connectivity index (χ2n) is 9.34. The first-order valence-electron chi connectivity index (χ1n) is 12.4. The predicted octanol–water partition coefficient (Wildman–Crippen LogP) is 8.10. The fraction of sp³-hybridized carbons (Fsp3) is 0.250. The van der Waals surface area contributed by atoms with E-state index in [0.29, 0.717) is 26.8 Å². The monoisotopic (exact) mass is 716 g/mol. The zero-order chi connectivity index (χ0) is 27.5. The van der Waals surface area contributed by atoms with Gasteiger partial charge in [0, 0.05) is 31.0 Å². The molecule has 0 saturated heterocycles. The number of ether oxygens (including phenoxy) is 1. The molecular weight excluding hydrogens is 696 g/mol. The quantitative estimate of drug-likeness (QED) is 0.109. The van der Waals surface area contributed by atoms with Gasteiger partial charge in [-0.1, -0.05) is 79.2 Å². The fourth-order valence-electron chi connectivity index (χ4n) is 4.75. The summed E-state index contributed by atoms with van der Waals surface area (Å²) < 4.78 is 9.50. The molecule has 1 aromatic heterocycles. The molecule has 0 amide bonds. The summed E-state index contributed by atoms with van der Waals surface area (Å²) >= 11 is 10.2. The molecule has 5 rings (SSSR count). The molecule has 0 spiro atoms. The Labute approximate surface area is 249 Å². The minimum absolute atomic E-state index is 0.0682. The van der Waals surface area contributed by atoms with E-state index in [0.717, 1.165) is 46.6 Å². The minimum atomic E-state index is -0.492. The summed E-state index contributed by atoms with van der Waals surface area (Å²) in [6, 6.07) is 16.0. The van der Waals surface area contributed by atoms with Gasteiger partial charge in [0.25, 0.3) is 5.56 Å². The highest BCUT2D eigenvalue weighted by Crippen LogP contribution is 2.35. The highest BCUT2D eigenvalue weighted by atomic mass is 79.9. The van der Waals surface area contributed by atoms with Crippen molar-refractivity contribution in [3.63, 3.8) is 0 Å². The molecule has 4 aromatic rings. The van der Waals surface area contributed by atoms with E-state index in [2.05, 4.69) is 52.9 Å². The zero-order valence-electron chi connectivity index (χ0n) is 20.6. The Bertz CT molecular complexity index is 1630. The zero-order valence-corrected chi connectivity index (χ0v) is 25.4. The predicted molar refractivity (Wildman–Crippen MR) is 162 cm³/mol. The van der Waals surface area contributed by atoms with Crippen LogP contribution in [-0.2, 0) is 6.61 Å². The number of rotatable bonds is 7. The molecule has 1 fully saturated rings. The van der Waals surface area contributed by atoms with Crippen molar-refractivity contribution in [3.05, 3.63) is 105 Å². The van der Waals surface area contributed by atoms with Crippen molar-refractivity contribution < 1.29 is 9.66 Å². The molecule has 39 heavy (non-hydrogen) atoms. The summed E-state index contributed by atoms with van der Waals surface area (Å²) in [5.41, 5.74) is 1.33. The van der Waals surface area contributed by atoms with Gasteiger partial charge >= 0.3 is 5.69 Å². The first-order chi connectivity index (χ1) is 18.8. The summed E-state index contributed by atoms with van der Waals surface area (Å²) in [5.74, 6) is 0.771. The third-order valence-corrected chi connectivity index (χ3v) is 8.15. The van der Waals surface area contributed by atoms with Gasteiger partial charge in [-0.3, -0.25) is 14.9 Å². The molecule has 0 N–H and O–H groups in total. The average Bonchev–Trinajstić information content (AvgIpc) is 2.93. The van der Waals surface area contributed by atoms with E-state index in [1.54, 1.807) is 12.1 Å². The summed E-state index contributed by atoms with van der Waals surface area (Å²) in [6.45, 7) is 0.120. The number of nitrogens with zero attached hydrogens (tertiary/aromatic N) is 4. The van der Waals surface area contributed by atoms with E-state index in [1.807, 2.05) is 36.4 Å². The molecule has 1 heterocycles. The third-order valence-electron chi connectivity index (χ3n) is 6.67. The Balaban J connectivity index is 1.61. The lowest BCUT2D eigenvalue weighted by atomic mass is 9.88. The number of aromatic nitrogens is 2. The van der Waals surface area contributed by atoms with Gasteiger partial charge < -0.3 is 4.74 Å². The van der Waals surface area contributed by atoms with Crippen LogP contribution in [0.25, 0.3) is 10.9 Å². The van der Waals surface area contributed by atoms with E-state index < -0.39 is 4.92 Å². The van der Waals surface area contributed by atoms with Crippen LogP contribution in [0, 0.1) is 10.1 Å². The molecule has 0 radical (unpaired) electrons. The Hall–Kier alpha value is -2.89. The number of benzene rings is 3. The van der Waals surface area contributed by atoms with E-state index in [1.165, 1.54) is 17.0 Å². The molecule has 0 bridgehead atoms. The second-order valence-corrected chi connectivity index (χ2v) is 12.1. The SMILES string of the molecule is O=c1c2cc(Br)ccc2nc(C2CCCCC2)n1N=Cc1cc(Br)cc([N+](=O)[O-])c1OCc1ccc(Br)cc1. The fourth-order valence-corrected chi connectivity index (χ4v) is 5.84. The Morgan fingerprint density at radius 3 is 2.44 bits per heavy atom. The maximum atomic E-state index is 13.7. The van der Waals surface area contributed by atoms with Gasteiger partial charge in [-0.15, -0.1) is 0 Å². The summed E-state index contributed by atoms with van der Waals surface area (Å²) in [5, 5.41) is 16.9. The molecule has 1 aliphatic carbocycles. The molecular formula is C28H23Br3N4O4. The number of halogens is 3. The van der Waals surface area contributed by atoms with Gasteiger partial charge in [0.1, 0.15) is 12.4 Å². The lowest BCUT2D eigenvalue weighted by Gasteiger charge is -2.22. The Kier molecular flexibility index (Phi) is 8.58. The minimum Gasteiger partial charge on any atom is -0.481 e. The largest absolute Gasteiger partial charge is 0.481 e. The van der Waals surface area contributed by atoms with E-state index >= 15 is 0 Å². The number of hydrogen-bond donors (Lipinski definition) is 0. The van der Waals surface area contributed by atoms with Gasteiger partial charge in [0.05, 0.1) is 22.0 Å². The van der Waals surface area contributed by atoms with Gasteiger partial charge in [-0.2, -0.15) is 9.78 Å². The van der Waals surface area contributed by atoms with Crippen LogP contribution in [0.1, 0.15) is 55.0 Å². The smallest absolute Gasteiger partial charge is 0.312 e. The van der Waals surface area contributed by atoms with Crippen molar-refractivity contribution in [2.75, 3.05) is 0 Å². The van der Waals surface area contributed by atoms with Crippen LogP contribution >= 0.6 is 47.8 Å². The molecule has 200 valence electrons. The summed E-state index contributed by atoms with van der Waals surface area (Å²) in [7, 11) is 0. The maximum absolute atomic E-state index is 13.7.